The second-order valence-electron chi connectivity index (χ2n) is 6.39. The summed E-state index contributed by atoms with van der Waals surface area (Å²) in [5.74, 6) is -0.674. The Balaban J connectivity index is 0.00000306. The van der Waals surface area contributed by atoms with Gasteiger partial charge in [0.1, 0.15) is 21.6 Å². The molecule has 16 heteroatoms. The van der Waals surface area contributed by atoms with Crippen LogP contribution in [0.3, 0.4) is 0 Å². The van der Waals surface area contributed by atoms with Gasteiger partial charge < -0.3 is 25.0 Å². The van der Waals surface area contributed by atoms with Crippen molar-refractivity contribution in [3.63, 3.8) is 0 Å². The van der Waals surface area contributed by atoms with Gasteiger partial charge in [-0.25, -0.2) is 8.42 Å². The summed E-state index contributed by atoms with van der Waals surface area (Å²) in [6.07, 6.45) is 0. The van der Waals surface area contributed by atoms with E-state index in [4.69, 9.17) is 4.74 Å². The van der Waals surface area contributed by atoms with E-state index in [1.165, 1.54) is 38.3 Å². The summed E-state index contributed by atoms with van der Waals surface area (Å²) in [6.45, 7) is 1.21. The third-order valence-corrected chi connectivity index (χ3v) is 5.60. The Kier molecular flexibility index (Phi) is 12.6. The summed E-state index contributed by atoms with van der Waals surface area (Å²) >= 11 is 0.463. The minimum Gasteiger partial charge on any atom is -0.744 e. The van der Waals surface area contributed by atoms with Crippen LogP contribution in [-0.2, 0) is 24.3 Å². The standard InChI is InChI=1S/C19H17N3O9S2.2Na/c1-10(23)20-15-9-14(32-31-30-25)7-11-8-16(33(26,27)28)18(19(24)17(11)15)22-21-12-3-5-13(29-2)6-4-12;;/h3-9,24-25H,1-2H3,(H,20,23)(H,26,27,28);;/q;2*+1/p-2. The number of fused-ring (bicyclic) bond motifs is 1. The number of benzene rings is 3. The van der Waals surface area contributed by atoms with E-state index >= 15 is 0 Å². The Bertz CT molecular complexity index is 1340. The van der Waals surface area contributed by atoms with Gasteiger partial charge in [-0.1, -0.05) is 0 Å². The Hall–Kier alpha value is -1.27. The smallest absolute Gasteiger partial charge is 0.744 e. The van der Waals surface area contributed by atoms with Gasteiger partial charge in [-0.15, -0.1) is 5.11 Å². The van der Waals surface area contributed by atoms with Crippen molar-refractivity contribution in [1.82, 2.24) is 0 Å². The van der Waals surface area contributed by atoms with Gasteiger partial charge in [-0.3, -0.25) is 9.83 Å². The number of carbonyl (C=O) groups excluding carboxylic acids is 1. The SMILES string of the molecule is COc1ccc(N=Nc2c(S(=O)(=O)[O-])cc3cc(SOO[O-])cc(NC(C)=O)c3c2O)cc1.[Na+].[Na+]. The van der Waals surface area contributed by atoms with Crippen molar-refractivity contribution in [2.45, 2.75) is 16.7 Å². The van der Waals surface area contributed by atoms with Crippen molar-refractivity contribution >= 4 is 55.9 Å². The number of hydrogen-bond donors (Lipinski definition) is 2. The van der Waals surface area contributed by atoms with E-state index in [1.807, 2.05) is 0 Å². The number of azo groups is 1. The van der Waals surface area contributed by atoms with Gasteiger partial charge in [0.25, 0.3) is 0 Å². The van der Waals surface area contributed by atoms with E-state index in [0.717, 1.165) is 6.07 Å². The molecule has 0 aromatic heterocycles. The van der Waals surface area contributed by atoms with Crippen LogP contribution in [0.1, 0.15) is 6.92 Å². The molecule has 3 aromatic rings. The zero-order valence-electron chi connectivity index (χ0n) is 19.0. The van der Waals surface area contributed by atoms with E-state index < -0.39 is 32.4 Å². The van der Waals surface area contributed by atoms with Crippen LogP contribution in [0.15, 0.2) is 62.5 Å². The number of amides is 1. The Morgan fingerprint density at radius 2 is 1.77 bits per heavy atom. The predicted molar refractivity (Wildman–Crippen MR) is 113 cm³/mol. The topological polar surface area (TPSA) is 182 Å². The molecule has 0 fully saturated rings. The molecule has 0 heterocycles. The number of aromatic hydroxyl groups is 1. The van der Waals surface area contributed by atoms with Crippen LogP contribution in [-0.4, -0.2) is 31.1 Å². The second kappa shape index (κ2) is 13.9. The van der Waals surface area contributed by atoms with E-state index in [1.54, 1.807) is 12.1 Å². The van der Waals surface area contributed by atoms with Crippen molar-refractivity contribution in [3.05, 3.63) is 42.5 Å². The monoisotopic (exact) mass is 539 g/mol. The number of anilines is 1. The molecule has 2 N–H and O–H groups in total. The van der Waals surface area contributed by atoms with Crippen molar-refractivity contribution < 1.29 is 101 Å². The number of methoxy groups -OCH3 is 1. The largest absolute Gasteiger partial charge is 1.00 e. The third kappa shape index (κ3) is 8.11. The van der Waals surface area contributed by atoms with Crippen molar-refractivity contribution in [2.75, 3.05) is 12.4 Å². The van der Waals surface area contributed by atoms with Crippen LogP contribution < -0.4 is 74.4 Å². The Morgan fingerprint density at radius 1 is 1.11 bits per heavy atom. The van der Waals surface area contributed by atoms with Gasteiger partial charge in [0.2, 0.25) is 5.91 Å². The fraction of sp³-hybridized carbons (Fsp3) is 0.105. The van der Waals surface area contributed by atoms with Gasteiger partial charge in [0, 0.05) is 17.2 Å². The number of phenolic OH excluding ortho intramolecular Hbond substituents is 1. The van der Waals surface area contributed by atoms with Crippen LogP contribution in [0.2, 0.25) is 0 Å². The van der Waals surface area contributed by atoms with E-state index in [2.05, 4.69) is 24.9 Å². The molecule has 0 atom stereocenters. The third-order valence-electron chi connectivity index (χ3n) is 4.20. The molecule has 0 unspecified atom stereocenters. The van der Waals surface area contributed by atoms with Crippen LogP contribution in [0.5, 0.6) is 11.5 Å². The maximum Gasteiger partial charge on any atom is 1.00 e. The van der Waals surface area contributed by atoms with Gasteiger partial charge >= 0.3 is 59.1 Å². The summed E-state index contributed by atoms with van der Waals surface area (Å²) in [5, 5.41) is 34.5. The minimum absolute atomic E-state index is 0. The molecule has 0 aliphatic carbocycles. The van der Waals surface area contributed by atoms with Gasteiger partial charge in [-0.05, 0) is 47.9 Å². The van der Waals surface area contributed by atoms with Crippen LogP contribution >= 0.6 is 12.0 Å². The number of rotatable bonds is 8. The zero-order valence-corrected chi connectivity index (χ0v) is 24.6. The second-order valence-corrected chi connectivity index (χ2v) is 8.52. The van der Waals surface area contributed by atoms with E-state index in [-0.39, 0.29) is 86.2 Å². The number of carbonyl (C=O) groups is 1. The fourth-order valence-electron chi connectivity index (χ4n) is 2.89. The normalized spacial score (nSPS) is 11.1. The number of hydrogen-bond acceptors (Lipinski definition) is 12. The molecule has 174 valence electrons. The number of nitrogens with zero attached hydrogens (tertiary/aromatic N) is 2. The summed E-state index contributed by atoms with van der Waals surface area (Å²) < 4.78 is 45.0. The molecule has 0 saturated carbocycles. The van der Waals surface area contributed by atoms with Crippen LogP contribution in [0.25, 0.3) is 10.8 Å². The maximum absolute atomic E-state index is 11.9. The molecule has 3 aromatic carbocycles. The average Bonchev–Trinajstić information content (AvgIpc) is 2.76. The van der Waals surface area contributed by atoms with Crippen LogP contribution in [0, 0.1) is 0 Å². The molecule has 0 aliphatic heterocycles. The van der Waals surface area contributed by atoms with Gasteiger partial charge in [0.15, 0.2) is 5.75 Å². The molecule has 0 saturated heterocycles. The molecule has 0 bridgehead atoms. The maximum atomic E-state index is 11.9. The quantitative estimate of drug-likeness (QED) is 0.0751. The average molecular weight is 539 g/mol. The molecular weight excluding hydrogens is 524 g/mol. The first-order valence-electron chi connectivity index (χ1n) is 8.90. The van der Waals surface area contributed by atoms with E-state index in [9.17, 15) is 28.1 Å². The summed E-state index contributed by atoms with van der Waals surface area (Å²) in [4.78, 5) is 11.0. The van der Waals surface area contributed by atoms with Gasteiger partial charge in [-0.2, -0.15) is 9.45 Å². The van der Waals surface area contributed by atoms with E-state index in [0.29, 0.717) is 17.8 Å². The fourth-order valence-corrected chi connectivity index (χ4v) is 3.99. The summed E-state index contributed by atoms with van der Waals surface area (Å²) in [7, 11) is -3.63. The number of phenols is 1. The summed E-state index contributed by atoms with van der Waals surface area (Å²) in [6, 6.07) is 9.83. The Morgan fingerprint density at radius 3 is 2.31 bits per heavy atom. The molecule has 0 aliphatic rings. The van der Waals surface area contributed by atoms with Crippen LogP contribution in [0.4, 0.5) is 17.1 Å². The van der Waals surface area contributed by atoms with Crippen molar-refractivity contribution in [3.8, 4) is 11.5 Å². The first-order chi connectivity index (χ1) is 15.6. The predicted octanol–water partition coefficient (Wildman–Crippen LogP) is -2.93. The van der Waals surface area contributed by atoms with Gasteiger partial charge in [0.05, 0.1) is 35.4 Å². The molecular formula is C19H15N3Na2O9S2. The number of nitrogens with one attached hydrogen (secondary N) is 1. The summed E-state index contributed by atoms with van der Waals surface area (Å²) in [5.41, 5.74) is -0.294. The molecule has 0 spiro atoms. The minimum atomic E-state index is -5.11. The van der Waals surface area contributed by atoms with Crippen molar-refractivity contribution in [2.24, 2.45) is 10.2 Å². The zero-order chi connectivity index (χ0) is 24.2. The molecule has 35 heavy (non-hydrogen) atoms. The molecule has 1 amide bonds. The first kappa shape index (κ1) is 31.8. The first-order valence-corrected chi connectivity index (χ1v) is 11.0. The Labute approximate surface area is 248 Å². The molecule has 3 rings (SSSR count). The van der Waals surface area contributed by atoms with Crippen molar-refractivity contribution in [1.29, 1.82) is 0 Å². The number of ether oxygens (including phenoxy) is 1. The molecule has 12 nitrogen and oxygen atoms in total. The molecule has 0 radical (unpaired) electrons.